The molecule has 1 saturated heterocycles. The van der Waals surface area contributed by atoms with Crippen molar-refractivity contribution in [3.8, 4) is 0 Å². The highest BCUT2D eigenvalue weighted by Gasteiger charge is 2.42. The highest BCUT2D eigenvalue weighted by molar-refractivity contribution is 8.16. The van der Waals surface area contributed by atoms with E-state index in [2.05, 4.69) is 9.89 Å². The number of benzene rings is 1. The largest absolute Gasteiger partial charge is 0.459 e. The number of ether oxygens (including phenoxy) is 1. The molecule has 4 rings (SSSR count). The quantitative estimate of drug-likeness (QED) is 0.611. The van der Waals surface area contributed by atoms with Gasteiger partial charge < -0.3 is 19.4 Å². The monoisotopic (exact) mass is 472 g/mol. The van der Waals surface area contributed by atoms with Gasteiger partial charge in [-0.1, -0.05) is 30.0 Å². The fourth-order valence-corrected chi connectivity index (χ4v) is 5.19. The van der Waals surface area contributed by atoms with Crippen LogP contribution in [0.1, 0.15) is 38.8 Å². The number of halogens is 1. The summed E-state index contributed by atoms with van der Waals surface area (Å²) in [5, 5.41) is 2.51. The molecule has 1 atom stereocenters. The van der Waals surface area contributed by atoms with Crippen molar-refractivity contribution in [2.75, 3.05) is 33.2 Å². The Kier molecular flexibility index (Phi) is 6.90. The van der Waals surface area contributed by atoms with E-state index in [1.54, 1.807) is 39.0 Å². The van der Waals surface area contributed by atoms with Gasteiger partial charge in [0.25, 0.3) is 0 Å². The number of rotatable bonds is 5. The molecule has 0 N–H and O–H groups in total. The maximum Gasteiger partial charge on any atom is 0.338 e. The van der Waals surface area contributed by atoms with Gasteiger partial charge in [-0.05, 0) is 39.3 Å². The van der Waals surface area contributed by atoms with Crippen LogP contribution in [-0.4, -0.2) is 71.1 Å². The van der Waals surface area contributed by atoms with Crippen molar-refractivity contribution >= 4 is 28.8 Å². The lowest BCUT2D eigenvalue weighted by Crippen LogP contribution is -2.47. The number of nitrogens with zero attached hydrogens (tertiary/aromatic N) is 4. The van der Waals surface area contributed by atoms with E-state index in [0.717, 1.165) is 13.1 Å². The highest BCUT2D eigenvalue weighted by Crippen LogP contribution is 2.45. The number of piperazine rings is 1. The lowest BCUT2D eigenvalue weighted by atomic mass is 9.93. The smallest absolute Gasteiger partial charge is 0.338 e. The van der Waals surface area contributed by atoms with Crippen molar-refractivity contribution in [1.82, 2.24) is 14.7 Å². The van der Waals surface area contributed by atoms with Crippen molar-refractivity contribution in [1.29, 1.82) is 0 Å². The van der Waals surface area contributed by atoms with E-state index in [-0.39, 0.29) is 24.0 Å². The third-order valence-corrected chi connectivity index (χ3v) is 6.84. The lowest BCUT2D eigenvalue weighted by molar-refractivity contribution is -0.143. The fourth-order valence-electron chi connectivity index (χ4n) is 4.22. The van der Waals surface area contributed by atoms with Crippen LogP contribution in [0.15, 0.2) is 51.6 Å². The molecule has 0 saturated carbocycles. The first kappa shape index (κ1) is 23.5. The molecule has 176 valence electrons. The predicted octanol–water partition coefficient (Wildman–Crippen LogP) is 3.52. The third-order valence-electron chi connectivity index (χ3n) is 5.95. The van der Waals surface area contributed by atoms with E-state index in [9.17, 15) is 9.59 Å². The maximum absolute atomic E-state index is 15.0. The molecule has 0 aliphatic carbocycles. The van der Waals surface area contributed by atoms with Gasteiger partial charge in [0.15, 0.2) is 5.17 Å². The topological polar surface area (TPSA) is 65.5 Å². The number of aliphatic imine (C=N–C) groups is 1. The SMILES string of the molecule is CC1=C(C(=O)OC(C)C)[C@@H](c2ccccc2F)N2C(CC(=O)N3CCN(C)CC3)=CSC2=N1. The number of amidine groups is 1. The number of allylic oxidation sites excluding steroid dienone is 1. The number of hydrogen-bond donors (Lipinski definition) is 0. The molecule has 0 aromatic heterocycles. The summed E-state index contributed by atoms with van der Waals surface area (Å²) in [7, 11) is 2.04. The second kappa shape index (κ2) is 9.69. The lowest BCUT2D eigenvalue weighted by Gasteiger charge is -2.37. The summed E-state index contributed by atoms with van der Waals surface area (Å²) in [4.78, 5) is 36.7. The van der Waals surface area contributed by atoms with Gasteiger partial charge in [-0.15, -0.1) is 0 Å². The Labute approximate surface area is 198 Å². The molecule has 1 aromatic rings. The Morgan fingerprint density at radius 2 is 1.91 bits per heavy atom. The van der Waals surface area contributed by atoms with Crippen LogP contribution in [0, 0.1) is 5.82 Å². The van der Waals surface area contributed by atoms with Crippen molar-refractivity contribution in [3.05, 3.63) is 58.0 Å². The second-order valence-corrected chi connectivity index (χ2v) is 9.57. The van der Waals surface area contributed by atoms with Crippen LogP contribution in [0.2, 0.25) is 0 Å². The van der Waals surface area contributed by atoms with Crippen LogP contribution in [-0.2, 0) is 14.3 Å². The minimum atomic E-state index is -0.758. The van der Waals surface area contributed by atoms with Crippen LogP contribution < -0.4 is 0 Å². The minimum Gasteiger partial charge on any atom is -0.459 e. The van der Waals surface area contributed by atoms with Crippen LogP contribution in [0.3, 0.4) is 0 Å². The summed E-state index contributed by atoms with van der Waals surface area (Å²) in [6, 6.07) is 5.65. The number of carbonyl (C=O) groups is 2. The molecule has 1 fully saturated rings. The van der Waals surface area contributed by atoms with Crippen molar-refractivity contribution < 1.29 is 18.7 Å². The van der Waals surface area contributed by atoms with Gasteiger partial charge in [-0.25, -0.2) is 14.2 Å². The maximum atomic E-state index is 15.0. The van der Waals surface area contributed by atoms with Gasteiger partial charge in [0.1, 0.15) is 5.82 Å². The van der Waals surface area contributed by atoms with Gasteiger partial charge in [0, 0.05) is 37.4 Å². The Bertz CT molecular complexity index is 1040. The van der Waals surface area contributed by atoms with E-state index >= 15 is 4.39 Å². The summed E-state index contributed by atoms with van der Waals surface area (Å²) in [5.74, 6) is -0.936. The van der Waals surface area contributed by atoms with E-state index in [4.69, 9.17) is 4.74 Å². The molecule has 0 radical (unpaired) electrons. The van der Waals surface area contributed by atoms with E-state index in [1.807, 2.05) is 22.3 Å². The number of carbonyl (C=O) groups excluding carboxylic acids is 2. The summed E-state index contributed by atoms with van der Waals surface area (Å²) in [5.41, 5.74) is 1.84. The molecule has 33 heavy (non-hydrogen) atoms. The molecular weight excluding hydrogens is 443 g/mol. The van der Waals surface area contributed by atoms with Crippen molar-refractivity contribution in [3.63, 3.8) is 0 Å². The molecular formula is C24H29FN4O3S. The van der Waals surface area contributed by atoms with Gasteiger partial charge in [0.2, 0.25) is 5.91 Å². The van der Waals surface area contributed by atoms with E-state index < -0.39 is 17.8 Å². The van der Waals surface area contributed by atoms with E-state index in [1.165, 1.54) is 17.8 Å². The summed E-state index contributed by atoms with van der Waals surface area (Å²) in [6.07, 6.45) is -0.169. The Morgan fingerprint density at radius 1 is 1.21 bits per heavy atom. The summed E-state index contributed by atoms with van der Waals surface area (Å²) < 4.78 is 20.5. The zero-order valence-electron chi connectivity index (χ0n) is 19.4. The Morgan fingerprint density at radius 3 is 2.58 bits per heavy atom. The van der Waals surface area contributed by atoms with Gasteiger partial charge >= 0.3 is 5.97 Å². The van der Waals surface area contributed by atoms with Gasteiger partial charge in [-0.3, -0.25) is 4.79 Å². The van der Waals surface area contributed by atoms with Crippen LogP contribution >= 0.6 is 11.8 Å². The van der Waals surface area contributed by atoms with Gasteiger partial charge in [-0.2, -0.15) is 0 Å². The zero-order chi connectivity index (χ0) is 23.7. The van der Waals surface area contributed by atoms with Gasteiger partial charge in [0.05, 0.1) is 29.8 Å². The average molecular weight is 473 g/mol. The Balaban J connectivity index is 1.68. The van der Waals surface area contributed by atoms with Crippen molar-refractivity contribution in [2.24, 2.45) is 4.99 Å². The summed E-state index contributed by atoms with van der Waals surface area (Å²) in [6.45, 7) is 8.31. The Hall–Kier alpha value is -2.65. The number of esters is 1. The number of likely N-dealkylation sites (N-methyl/N-ethyl adjacent to an activating group) is 1. The van der Waals surface area contributed by atoms with E-state index in [0.29, 0.717) is 35.2 Å². The van der Waals surface area contributed by atoms with Crippen LogP contribution in [0.4, 0.5) is 4.39 Å². The fraction of sp³-hybridized carbons (Fsp3) is 0.458. The molecule has 7 nitrogen and oxygen atoms in total. The van der Waals surface area contributed by atoms with Crippen LogP contribution in [0.25, 0.3) is 0 Å². The highest BCUT2D eigenvalue weighted by atomic mass is 32.2. The molecule has 0 bridgehead atoms. The number of amides is 1. The molecule has 1 amide bonds. The van der Waals surface area contributed by atoms with Crippen molar-refractivity contribution in [2.45, 2.75) is 39.3 Å². The summed E-state index contributed by atoms with van der Waals surface area (Å²) >= 11 is 1.39. The number of thioether (sulfide) groups is 1. The molecule has 9 heteroatoms. The van der Waals surface area contributed by atoms with Crippen LogP contribution in [0.5, 0.6) is 0 Å². The second-order valence-electron chi connectivity index (χ2n) is 8.73. The predicted molar refractivity (Wildman–Crippen MR) is 127 cm³/mol. The first-order chi connectivity index (χ1) is 15.8. The first-order valence-electron chi connectivity index (χ1n) is 11.1. The molecule has 3 heterocycles. The molecule has 3 aliphatic rings. The molecule has 0 spiro atoms. The molecule has 1 aromatic carbocycles. The standard InChI is InChI=1S/C24H29FN4O3S/c1-15(2)32-23(31)21-16(3)26-24-29(22(21)18-7-5-6-8-19(18)25)17(14-33-24)13-20(30)28-11-9-27(4)10-12-28/h5-8,14-15,22H,9-13H2,1-4H3/t22-/m1/s1. The third kappa shape index (κ3) is 4.84. The zero-order valence-corrected chi connectivity index (χ0v) is 20.2. The average Bonchev–Trinajstić information content (AvgIpc) is 3.15. The minimum absolute atomic E-state index is 0.0149. The molecule has 3 aliphatic heterocycles. The number of fused-ring (bicyclic) bond motifs is 1. The normalized spacial score (nSPS) is 21.2. The number of hydrogen-bond acceptors (Lipinski definition) is 7. The first-order valence-corrected chi connectivity index (χ1v) is 12.0. The molecule has 0 unspecified atom stereocenters.